The molecule has 1 heteroatoms. The molecule has 0 rings (SSSR count). The van der Waals surface area contributed by atoms with E-state index in [0.29, 0.717) is 12.3 Å². The molecule has 0 amide bonds. The average Bonchev–Trinajstić information content (AvgIpc) is 2.12. The number of unbranched alkanes of at least 4 members (excludes halogenated alkanes) is 3. The molecule has 0 N–H and O–H groups in total. The maximum Gasteiger partial charge on any atom is 0.118 e. The van der Waals surface area contributed by atoms with E-state index < -0.39 is 6.17 Å². The molecule has 0 bridgehead atoms. The van der Waals surface area contributed by atoms with E-state index in [4.69, 9.17) is 0 Å². The molecule has 0 aliphatic carbocycles. The van der Waals surface area contributed by atoms with Crippen molar-refractivity contribution in [2.75, 3.05) is 0 Å². The normalized spacial score (nSPS) is 15.3. The van der Waals surface area contributed by atoms with Gasteiger partial charge in [-0.05, 0) is 12.3 Å². The number of hydrogen-bond acceptors (Lipinski definition) is 0. The van der Waals surface area contributed by atoms with Gasteiger partial charge in [0.25, 0.3) is 0 Å². The van der Waals surface area contributed by atoms with Crippen LogP contribution in [-0.4, -0.2) is 6.17 Å². The van der Waals surface area contributed by atoms with Gasteiger partial charge in [-0.1, -0.05) is 52.0 Å². The van der Waals surface area contributed by atoms with Crippen molar-refractivity contribution in [3.05, 3.63) is 12.7 Å². The number of allylic oxidation sites excluding steroid dienone is 1. The van der Waals surface area contributed by atoms with E-state index >= 15 is 0 Å². The maximum absolute atomic E-state index is 12.8. The molecule has 0 fully saturated rings. The smallest absolute Gasteiger partial charge is 0.118 e. The van der Waals surface area contributed by atoms with Gasteiger partial charge in [0.15, 0.2) is 0 Å². The molecule has 0 aromatic rings. The van der Waals surface area contributed by atoms with E-state index in [2.05, 4.69) is 20.4 Å². The second kappa shape index (κ2) is 8.28. The minimum atomic E-state index is -0.804. The van der Waals surface area contributed by atoms with Crippen molar-refractivity contribution in [1.29, 1.82) is 0 Å². The Kier molecular flexibility index (Phi) is 8.07. The van der Waals surface area contributed by atoms with Gasteiger partial charge >= 0.3 is 0 Å². The minimum absolute atomic E-state index is 0.504. The van der Waals surface area contributed by atoms with Crippen LogP contribution in [0.1, 0.15) is 52.4 Å². The van der Waals surface area contributed by atoms with E-state index in [1.165, 1.54) is 31.8 Å². The van der Waals surface area contributed by atoms with Crippen molar-refractivity contribution in [3.8, 4) is 0 Å². The maximum atomic E-state index is 12.8. The molecule has 0 heterocycles. The van der Waals surface area contributed by atoms with Gasteiger partial charge < -0.3 is 0 Å². The van der Waals surface area contributed by atoms with Gasteiger partial charge in [0.05, 0.1) is 0 Å². The summed E-state index contributed by atoms with van der Waals surface area (Å²) in [7, 11) is 0. The summed E-state index contributed by atoms with van der Waals surface area (Å²) in [6.45, 7) is 7.78. The highest BCUT2D eigenvalue weighted by molar-refractivity contribution is 4.79. The molecular weight excluding hydrogens is 163 g/mol. The van der Waals surface area contributed by atoms with Gasteiger partial charge in [-0.25, -0.2) is 4.39 Å². The number of rotatable bonds is 8. The van der Waals surface area contributed by atoms with E-state index in [9.17, 15) is 4.39 Å². The van der Waals surface area contributed by atoms with Crippen molar-refractivity contribution in [2.45, 2.75) is 58.5 Å². The highest BCUT2D eigenvalue weighted by atomic mass is 19.1. The summed E-state index contributed by atoms with van der Waals surface area (Å²) in [6, 6.07) is 0. The molecule has 2 atom stereocenters. The first-order valence-corrected chi connectivity index (χ1v) is 5.47. The number of hydrogen-bond donors (Lipinski definition) is 0. The molecule has 0 saturated carbocycles. The third-order valence-electron chi connectivity index (χ3n) is 2.43. The summed E-state index contributed by atoms with van der Waals surface area (Å²) in [5, 5.41) is 0. The molecule has 0 radical (unpaired) electrons. The molecule has 2 unspecified atom stereocenters. The summed E-state index contributed by atoms with van der Waals surface area (Å²) in [5.74, 6) is 0.504. The number of halogens is 1. The highest BCUT2D eigenvalue weighted by Gasteiger charge is 2.07. The lowest BCUT2D eigenvalue weighted by molar-refractivity contribution is 0.315. The van der Waals surface area contributed by atoms with E-state index in [0.717, 1.165) is 6.42 Å². The summed E-state index contributed by atoms with van der Waals surface area (Å²) in [4.78, 5) is 0. The quantitative estimate of drug-likeness (QED) is 0.386. The zero-order valence-electron chi connectivity index (χ0n) is 9.06. The van der Waals surface area contributed by atoms with Crippen LogP contribution in [0.25, 0.3) is 0 Å². The Morgan fingerprint density at radius 3 is 2.54 bits per heavy atom. The van der Waals surface area contributed by atoms with Crippen LogP contribution in [0.2, 0.25) is 0 Å². The van der Waals surface area contributed by atoms with Gasteiger partial charge in [-0.3, -0.25) is 0 Å². The van der Waals surface area contributed by atoms with Crippen molar-refractivity contribution in [3.63, 3.8) is 0 Å². The monoisotopic (exact) mass is 186 g/mol. The Balaban J connectivity index is 3.29. The average molecular weight is 186 g/mol. The van der Waals surface area contributed by atoms with Crippen LogP contribution in [0, 0.1) is 5.92 Å². The largest absolute Gasteiger partial charge is 0.243 e. The Bertz CT molecular complexity index is 120. The Morgan fingerprint density at radius 2 is 2.00 bits per heavy atom. The van der Waals surface area contributed by atoms with Gasteiger partial charge in [-0.15, -0.1) is 6.58 Å². The topological polar surface area (TPSA) is 0 Å². The summed E-state index contributed by atoms with van der Waals surface area (Å²) in [6.07, 6.45) is 7.54. The SMILES string of the molecule is C=CC(F)CC(C)CCCCCC. The van der Waals surface area contributed by atoms with E-state index in [1.807, 2.05) is 0 Å². The molecule has 0 aliphatic heterocycles. The van der Waals surface area contributed by atoms with Crippen molar-refractivity contribution < 1.29 is 4.39 Å². The zero-order valence-corrected chi connectivity index (χ0v) is 9.06. The van der Waals surface area contributed by atoms with E-state index in [1.54, 1.807) is 0 Å². The van der Waals surface area contributed by atoms with Crippen LogP contribution >= 0.6 is 0 Å². The molecular formula is C12H23F. The third kappa shape index (κ3) is 8.01. The van der Waals surface area contributed by atoms with Gasteiger partial charge in [0.1, 0.15) is 6.17 Å². The second-order valence-corrected chi connectivity index (χ2v) is 3.94. The summed E-state index contributed by atoms with van der Waals surface area (Å²) < 4.78 is 12.8. The number of alkyl halides is 1. The first-order valence-electron chi connectivity index (χ1n) is 5.47. The van der Waals surface area contributed by atoms with Gasteiger partial charge in [0.2, 0.25) is 0 Å². The first-order chi connectivity index (χ1) is 6.20. The lowest BCUT2D eigenvalue weighted by atomic mass is 9.97. The third-order valence-corrected chi connectivity index (χ3v) is 2.43. The van der Waals surface area contributed by atoms with E-state index in [-0.39, 0.29) is 0 Å². The van der Waals surface area contributed by atoms with Crippen LogP contribution in [-0.2, 0) is 0 Å². The predicted molar refractivity (Wildman–Crippen MR) is 57.6 cm³/mol. The molecule has 78 valence electrons. The summed E-state index contributed by atoms with van der Waals surface area (Å²) in [5.41, 5.74) is 0. The lowest BCUT2D eigenvalue weighted by Crippen LogP contribution is -2.03. The molecule has 13 heavy (non-hydrogen) atoms. The first kappa shape index (κ1) is 12.7. The van der Waals surface area contributed by atoms with Crippen LogP contribution in [0.4, 0.5) is 4.39 Å². The molecule has 0 nitrogen and oxygen atoms in total. The highest BCUT2D eigenvalue weighted by Crippen LogP contribution is 2.17. The lowest BCUT2D eigenvalue weighted by Gasteiger charge is -2.11. The van der Waals surface area contributed by atoms with Crippen LogP contribution in [0.5, 0.6) is 0 Å². The molecule has 0 aliphatic rings. The van der Waals surface area contributed by atoms with Crippen molar-refractivity contribution in [2.24, 2.45) is 5.92 Å². The van der Waals surface area contributed by atoms with Crippen molar-refractivity contribution >= 4 is 0 Å². The fourth-order valence-corrected chi connectivity index (χ4v) is 1.52. The minimum Gasteiger partial charge on any atom is -0.243 e. The Hall–Kier alpha value is -0.330. The van der Waals surface area contributed by atoms with Gasteiger partial charge in [-0.2, -0.15) is 0 Å². The Morgan fingerprint density at radius 1 is 1.31 bits per heavy atom. The zero-order chi connectivity index (χ0) is 10.1. The van der Waals surface area contributed by atoms with Gasteiger partial charge in [0, 0.05) is 0 Å². The predicted octanol–water partition coefficient (Wildman–Crippen LogP) is 4.51. The van der Waals surface area contributed by atoms with Crippen LogP contribution < -0.4 is 0 Å². The summed E-state index contributed by atoms with van der Waals surface area (Å²) >= 11 is 0. The fraction of sp³-hybridized carbons (Fsp3) is 0.833. The van der Waals surface area contributed by atoms with Crippen molar-refractivity contribution in [1.82, 2.24) is 0 Å². The standard InChI is InChI=1S/C12H23F/c1-4-6-7-8-9-11(3)10-12(13)5-2/h5,11-12H,2,4,6-10H2,1,3H3. The molecule has 0 spiro atoms. The molecule has 0 aromatic carbocycles. The van der Waals surface area contributed by atoms with Crippen LogP contribution in [0.15, 0.2) is 12.7 Å². The van der Waals surface area contributed by atoms with Crippen LogP contribution in [0.3, 0.4) is 0 Å². The fourth-order valence-electron chi connectivity index (χ4n) is 1.52. The molecule has 0 saturated heterocycles. The Labute approximate surface area is 82.2 Å². The second-order valence-electron chi connectivity index (χ2n) is 3.94. The molecule has 0 aromatic heterocycles.